The lowest BCUT2D eigenvalue weighted by Gasteiger charge is -2.40. The molecule has 0 saturated heterocycles. The van der Waals surface area contributed by atoms with Crippen LogP contribution in [0.3, 0.4) is 0 Å². The van der Waals surface area contributed by atoms with Crippen LogP contribution in [0, 0.1) is 0 Å². The zero-order valence-corrected chi connectivity index (χ0v) is 11.7. The summed E-state index contributed by atoms with van der Waals surface area (Å²) in [5.74, 6) is 0. The highest BCUT2D eigenvalue weighted by Gasteiger charge is 2.40. The predicted octanol–water partition coefficient (Wildman–Crippen LogP) is 1.58. The van der Waals surface area contributed by atoms with Crippen LogP contribution in [0.5, 0.6) is 0 Å². The molecule has 0 unspecified atom stereocenters. The summed E-state index contributed by atoms with van der Waals surface area (Å²) in [5.41, 5.74) is -0.745. The van der Waals surface area contributed by atoms with Gasteiger partial charge in [-0.1, -0.05) is 23.2 Å². The second kappa shape index (κ2) is 4.94. The van der Waals surface area contributed by atoms with E-state index in [2.05, 4.69) is 9.71 Å². The second-order valence-electron chi connectivity index (χ2n) is 4.34. The summed E-state index contributed by atoms with van der Waals surface area (Å²) < 4.78 is 26.7. The van der Waals surface area contributed by atoms with Gasteiger partial charge >= 0.3 is 0 Å². The number of aliphatic hydroxyl groups is 1. The fourth-order valence-corrected chi connectivity index (χ4v) is 3.55. The number of hydrogen-bond acceptors (Lipinski definition) is 4. The molecule has 1 aromatic rings. The number of halogens is 2. The van der Waals surface area contributed by atoms with Crippen molar-refractivity contribution in [1.29, 1.82) is 0 Å². The Morgan fingerprint density at radius 2 is 2.11 bits per heavy atom. The SMILES string of the molecule is O=S(=O)(NC1(CO)CCC1)c1cnc(Cl)c(Cl)c1. The number of hydrogen-bond donors (Lipinski definition) is 2. The molecule has 0 aromatic carbocycles. The molecule has 0 atom stereocenters. The minimum atomic E-state index is -3.75. The molecule has 1 aromatic heterocycles. The van der Waals surface area contributed by atoms with Gasteiger partial charge < -0.3 is 5.11 Å². The van der Waals surface area contributed by atoms with Crippen LogP contribution in [-0.4, -0.2) is 30.7 Å². The molecule has 0 amide bonds. The average Bonchev–Trinajstić information content (AvgIpc) is 2.27. The third kappa shape index (κ3) is 2.62. The number of aromatic nitrogens is 1. The van der Waals surface area contributed by atoms with Gasteiger partial charge in [0.25, 0.3) is 0 Å². The molecule has 0 bridgehead atoms. The molecule has 100 valence electrons. The lowest BCUT2D eigenvalue weighted by atomic mass is 9.78. The van der Waals surface area contributed by atoms with E-state index in [1.165, 1.54) is 6.07 Å². The summed E-state index contributed by atoms with van der Waals surface area (Å²) in [5, 5.41) is 9.38. The summed E-state index contributed by atoms with van der Waals surface area (Å²) in [6.45, 7) is -0.221. The van der Waals surface area contributed by atoms with E-state index in [1.807, 2.05) is 0 Å². The van der Waals surface area contributed by atoms with E-state index in [4.69, 9.17) is 23.2 Å². The highest BCUT2D eigenvalue weighted by atomic mass is 35.5. The van der Waals surface area contributed by atoms with Crippen molar-refractivity contribution in [3.05, 3.63) is 22.4 Å². The van der Waals surface area contributed by atoms with Crippen LogP contribution in [0.15, 0.2) is 17.2 Å². The number of nitrogens with zero attached hydrogens (tertiary/aromatic N) is 1. The molecule has 0 radical (unpaired) electrons. The third-order valence-electron chi connectivity index (χ3n) is 3.05. The van der Waals surface area contributed by atoms with E-state index in [9.17, 15) is 13.5 Å². The van der Waals surface area contributed by atoms with Gasteiger partial charge in [0.15, 0.2) is 0 Å². The topological polar surface area (TPSA) is 79.3 Å². The summed E-state index contributed by atoms with van der Waals surface area (Å²) in [4.78, 5) is 3.64. The van der Waals surface area contributed by atoms with Crippen molar-refractivity contribution < 1.29 is 13.5 Å². The van der Waals surface area contributed by atoms with E-state index in [0.717, 1.165) is 12.6 Å². The maximum Gasteiger partial charge on any atom is 0.242 e. The van der Waals surface area contributed by atoms with E-state index in [1.54, 1.807) is 0 Å². The van der Waals surface area contributed by atoms with E-state index in [-0.39, 0.29) is 21.7 Å². The number of rotatable bonds is 4. The third-order valence-corrected chi connectivity index (χ3v) is 5.28. The van der Waals surface area contributed by atoms with Crippen molar-refractivity contribution in [2.75, 3.05) is 6.61 Å². The minimum absolute atomic E-state index is 0.0520. The molecule has 0 aliphatic heterocycles. The Morgan fingerprint density at radius 1 is 1.44 bits per heavy atom. The Kier molecular flexibility index (Phi) is 3.85. The molecular formula is C10H12Cl2N2O3S. The Balaban J connectivity index is 2.28. The van der Waals surface area contributed by atoms with Gasteiger partial charge in [-0.05, 0) is 25.3 Å². The molecule has 1 heterocycles. The first-order valence-electron chi connectivity index (χ1n) is 5.34. The highest BCUT2D eigenvalue weighted by Crippen LogP contribution is 2.33. The summed E-state index contributed by atoms with van der Waals surface area (Å²) in [6, 6.07) is 1.24. The van der Waals surface area contributed by atoms with Crippen molar-refractivity contribution in [1.82, 2.24) is 9.71 Å². The van der Waals surface area contributed by atoms with Crippen molar-refractivity contribution in [3.8, 4) is 0 Å². The molecule has 1 aliphatic carbocycles. The normalized spacial score (nSPS) is 18.4. The quantitative estimate of drug-likeness (QED) is 0.828. The number of pyridine rings is 1. The standard InChI is InChI=1S/C10H12Cl2N2O3S/c11-8-4-7(5-13-9(8)12)18(16,17)14-10(6-15)2-1-3-10/h4-5,14-15H,1-3,6H2. The molecule has 18 heavy (non-hydrogen) atoms. The largest absolute Gasteiger partial charge is 0.394 e. The monoisotopic (exact) mass is 310 g/mol. The lowest BCUT2D eigenvalue weighted by Crippen LogP contribution is -2.55. The average molecular weight is 311 g/mol. The van der Waals surface area contributed by atoms with Gasteiger partial charge in [0, 0.05) is 6.20 Å². The predicted molar refractivity (Wildman–Crippen MR) is 68.2 cm³/mol. The molecule has 2 N–H and O–H groups in total. The first kappa shape index (κ1) is 14.0. The first-order chi connectivity index (χ1) is 8.38. The van der Waals surface area contributed by atoms with Crippen LogP contribution in [0.2, 0.25) is 10.2 Å². The molecule has 1 saturated carbocycles. The Morgan fingerprint density at radius 3 is 2.56 bits per heavy atom. The zero-order valence-electron chi connectivity index (χ0n) is 9.36. The minimum Gasteiger partial charge on any atom is -0.394 e. The van der Waals surface area contributed by atoms with Crippen molar-refractivity contribution in [2.45, 2.75) is 29.7 Å². The van der Waals surface area contributed by atoms with E-state index < -0.39 is 15.6 Å². The maximum absolute atomic E-state index is 12.1. The first-order valence-corrected chi connectivity index (χ1v) is 7.58. The number of aliphatic hydroxyl groups excluding tert-OH is 1. The molecule has 1 fully saturated rings. The van der Waals surface area contributed by atoms with Crippen LogP contribution < -0.4 is 4.72 Å². The van der Waals surface area contributed by atoms with E-state index in [0.29, 0.717) is 12.8 Å². The zero-order chi connectivity index (χ0) is 13.4. The lowest BCUT2D eigenvalue weighted by molar-refractivity contribution is 0.110. The van der Waals surface area contributed by atoms with Crippen LogP contribution in [0.25, 0.3) is 0 Å². The summed E-state index contributed by atoms with van der Waals surface area (Å²) in [7, 11) is -3.75. The van der Waals surface area contributed by atoms with Gasteiger partial charge in [-0.3, -0.25) is 0 Å². The van der Waals surface area contributed by atoms with Crippen molar-refractivity contribution >= 4 is 33.2 Å². The van der Waals surface area contributed by atoms with Crippen molar-refractivity contribution in [2.24, 2.45) is 0 Å². The maximum atomic E-state index is 12.1. The molecule has 0 spiro atoms. The van der Waals surface area contributed by atoms with Crippen LogP contribution in [0.1, 0.15) is 19.3 Å². The Labute approximate surface area is 115 Å². The molecule has 5 nitrogen and oxygen atoms in total. The molecular weight excluding hydrogens is 299 g/mol. The molecule has 1 aliphatic rings. The second-order valence-corrected chi connectivity index (χ2v) is 6.79. The fourth-order valence-electron chi connectivity index (χ4n) is 1.79. The van der Waals surface area contributed by atoms with Gasteiger partial charge in [-0.25, -0.2) is 18.1 Å². The van der Waals surface area contributed by atoms with Crippen LogP contribution in [0.4, 0.5) is 0 Å². The number of sulfonamides is 1. The van der Waals surface area contributed by atoms with Crippen LogP contribution >= 0.6 is 23.2 Å². The number of nitrogens with one attached hydrogen (secondary N) is 1. The van der Waals surface area contributed by atoms with Gasteiger partial charge in [-0.15, -0.1) is 0 Å². The van der Waals surface area contributed by atoms with Gasteiger partial charge in [-0.2, -0.15) is 0 Å². The molecule has 8 heteroatoms. The van der Waals surface area contributed by atoms with Gasteiger partial charge in [0.1, 0.15) is 10.0 Å². The fraction of sp³-hybridized carbons (Fsp3) is 0.500. The summed E-state index contributed by atoms with van der Waals surface area (Å²) >= 11 is 11.4. The van der Waals surface area contributed by atoms with Gasteiger partial charge in [0.2, 0.25) is 10.0 Å². The van der Waals surface area contributed by atoms with Crippen molar-refractivity contribution in [3.63, 3.8) is 0 Å². The van der Waals surface area contributed by atoms with E-state index >= 15 is 0 Å². The van der Waals surface area contributed by atoms with Gasteiger partial charge in [0.05, 0.1) is 17.2 Å². The van der Waals surface area contributed by atoms with Crippen LogP contribution in [-0.2, 0) is 10.0 Å². The highest BCUT2D eigenvalue weighted by molar-refractivity contribution is 7.89. The smallest absolute Gasteiger partial charge is 0.242 e. The Hall–Kier alpha value is -0.400. The Bertz CT molecular complexity index is 553. The molecule has 2 rings (SSSR count). The summed E-state index contributed by atoms with van der Waals surface area (Å²) in [6.07, 6.45) is 3.28.